The molecule has 0 amide bonds. The van der Waals surface area contributed by atoms with E-state index in [-0.39, 0.29) is 18.7 Å². The van der Waals surface area contributed by atoms with Crippen molar-refractivity contribution in [3.8, 4) is 0 Å². The van der Waals surface area contributed by atoms with Gasteiger partial charge in [0.1, 0.15) is 0 Å². The number of unbranched alkanes of at least 4 members (excludes halogenated alkanes) is 4. The Kier molecular flexibility index (Phi) is 14.2. The Morgan fingerprint density at radius 1 is 0.920 bits per heavy atom. The van der Waals surface area contributed by atoms with E-state index < -0.39 is 0 Å². The highest BCUT2D eigenvalue weighted by atomic mass is 16.8. The lowest BCUT2D eigenvalue weighted by Gasteiger charge is -2.13. The molecule has 0 aliphatic carbocycles. The van der Waals surface area contributed by atoms with E-state index in [1.807, 2.05) is 13.8 Å². The van der Waals surface area contributed by atoms with E-state index in [1.165, 1.54) is 5.01 Å². The summed E-state index contributed by atoms with van der Waals surface area (Å²) in [5.74, 6) is -0.545. The van der Waals surface area contributed by atoms with Gasteiger partial charge in [0.15, 0.2) is 0 Å². The normalized spacial score (nSPS) is 11.1. The van der Waals surface area contributed by atoms with Crippen molar-refractivity contribution >= 4 is 11.9 Å². The molecule has 0 saturated carbocycles. The summed E-state index contributed by atoms with van der Waals surface area (Å²) in [5.41, 5.74) is 0. The number of esters is 2. The van der Waals surface area contributed by atoms with E-state index in [1.54, 1.807) is 6.92 Å². The van der Waals surface area contributed by atoms with E-state index in [0.717, 1.165) is 25.7 Å². The largest absolute Gasteiger partial charge is 0.569 e. The maximum absolute atomic E-state index is 11.5. The summed E-state index contributed by atoms with van der Waals surface area (Å²) in [7, 11) is 0. The highest BCUT2D eigenvalue weighted by molar-refractivity contribution is 5.69. The Bertz CT molecular complexity index is 399. The lowest BCUT2D eigenvalue weighted by atomic mass is 10.1. The van der Waals surface area contributed by atoms with Crippen LogP contribution in [0.4, 0.5) is 0 Å². The molecule has 0 aromatic rings. The predicted molar refractivity (Wildman–Crippen MR) is 90.0 cm³/mol. The van der Waals surface area contributed by atoms with Crippen LogP contribution in [-0.2, 0) is 23.9 Å². The van der Waals surface area contributed by atoms with Crippen LogP contribution in [0.1, 0.15) is 65.7 Å². The van der Waals surface area contributed by atoms with Gasteiger partial charge in [0.05, 0.1) is 24.7 Å². The standard InChI is InChI=1S/C16H31N3O6/c1-4-18(5-2)19(22)17-25-14-24-16(21)13-11-9-7-8-10-12-15(20)23-6-3/h4-14H2,1-3H3/b19-17-. The van der Waals surface area contributed by atoms with Crippen LogP contribution in [-0.4, -0.2) is 48.4 Å². The summed E-state index contributed by atoms with van der Waals surface area (Å²) < 4.78 is 9.67. The molecular formula is C16H31N3O6. The fourth-order valence-electron chi connectivity index (χ4n) is 2.06. The second-order valence-electron chi connectivity index (χ2n) is 5.31. The second kappa shape index (κ2) is 15.5. The average molecular weight is 361 g/mol. The molecule has 0 fully saturated rings. The van der Waals surface area contributed by atoms with Crippen LogP contribution in [0.2, 0.25) is 0 Å². The third kappa shape index (κ3) is 13.0. The van der Waals surface area contributed by atoms with Gasteiger partial charge in [-0.25, -0.2) is 0 Å². The van der Waals surface area contributed by atoms with Gasteiger partial charge >= 0.3 is 11.9 Å². The number of hydrogen-bond donors (Lipinski definition) is 0. The van der Waals surface area contributed by atoms with Gasteiger partial charge in [0.25, 0.3) is 6.79 Å². The first-order valence-corrected chi connectivity index (χ1v) is 8.91. The zero-order valence-electron chi connectivity index (χ0n) is 15.6. The van der Waals surface area contributed by atoms with Gasteiger partial charge in [-0.2, -0.15) is 0 Å². The molecule has 25 heavy (non-hydrogen) atoms. The number of hydrazine groups is 1. The average Bonchev–Trinajstić information content (AvgIpc) is 2.59. The van der Waals surface area contributed by atoms with E-state index in [4.69, 9.17) is 9.47 Å². The topological polar surface area (TPSA) is 104 Å². The number of carbonyl (C=O) groups is 2. The lowest BCUT2D eigenvalue weighted by Crippen LogP contribution is -2.30. The van der Waals surface area contributed by atoms with Crippen molar-refractivity contribution in [1.82, 2.24) is 5.01 Å². The van der Waals surface area contributed by atoms with E-state index in [0.29, 0.717) is 43.9 Å². The number of nitrogens with zero attached hydrogens (tertiary/aromatic N) is 3. The Labute approximate surface area is 149 Å². The molecule has 0 radical (unpaired) electrons. The van der Waals surface area contributed by atoms with Crippen molar-refractivity contribution in [2.45, 2.75) is 65.7 Å². The Balaban J connectivity index is 3.56. The summed E-state index contributed by atoms with van der Waals surface area (Å²) in [6.45, 7) is 6.48. The van der Waals surface area contributed by atoms with E-state index in [2.05, 4.69) is 10.1 Å². The smallest absolute Gasteiger partial charge is 0.308 e. The Hall–Kier alpha value is -2.06. The first kappa shape index (κ1) is 22.9. The van der Waals surface area contributed by atoms with Gasteiger partial charge in [0, 0.05) is 12.8 Å². The number of ether oxygens (including phenoxy) is 2. The minimum absolute atomic E-state index is 0.158. The van der Waals surface area contributed by atoms with Crippen LogP contribution < -0.4 is 0 Å². The molecule has 9 nitrogen and oxygen atoms in total. The van der Waals surface area contributed by atoms with Gasteiger partial charge in [-0.05, 0) is 33.6 Å². The van der Waals surface area contributed by atoms with Crippen LogP contribution in [0.15, 0.2) is 5.28 Å². The van der Waals surface area contributed by atoms with Crippen molar-refractivity contribution in [3.63, 3.8) is 0 Å². The zero-order valence-corrected chi connectivity index (χ0v) is 15.6. The third-order valence-corrected chi connectivity index (χ3v) is 3.44. The molecule has 0 aliphatic rings. The Morgan fingerprint density at radius 2 is 1.44 bits per heavy atom. The van der Waals surface area contributed by atoms with Crippen molar-refractivity contribution in [2.75, 3.05) is 26.5 Å². The molecule has 9 heteroatoms. The highest BCUT2D eigenvalue weighted by Gasteiger charge is 2.08. The Morgan fingerprint density at radius 3 is 1.96 bits per heavy atom. The molecule has 0 atom stereocenters. The minimum Gasteiger partial charge on any atom is -0.569 e. The fraction of sp³-hybridized carbons (Fsp3) is 0.875. The van der Waals surface area contributed by atoms with Crippen LogP contribution >= 0.6 is 0 Å². The van der Waals surface area contributed by atoms with Crippen molar-refractivity contribution < 1.29 is 28.9 Å². The summed E-state index contributed by atoms with van der Waals surface area (Å²) in [5, 5.41) is 16.1. The molecule has 0 heterocycles. The van der Waals surface area contributed by atoms with Crippen molar-refractivity contribution in [2.24, 2.45) is 5.28 Å². The number of hydrogen-bond acceptors (Lipinski definition) is 7. The molecule has 0 aromatic heterocycles. The lowest BCUT2D eigenvalue weighted by molar-refractivity contribution is -0.710. The fourth-order valence-corrected chi connectivity index (χ4v) is 2.06. The van der Waals surface area contributed by atoms with Gasteiger partial charge < -0.3 is 19.5 Å². The van der Waals surface area contributed by atoms with Crippen LogP contribution in [0, 0.1) is 5.21 Å². The maximum atomic E-state index is 11.5. The SMILES string of the molecule is CCOC(=O)CCCCCCCC(=O)OCO/N=[N+](\[O-])N(CC)CC. The number of rotatable bonds is 15. The third-order valence-electron chi connectivity index (χ3n) is 3.44. The maximum Gasteiger partial charge on any atom is 0.308 e. The quantitative estimate of drug-likeness (QED) is 0.110. The summed E-state index contributed by atoms with van der Waals surface area (Å²) >= 11 is 0. The van der Waals surface area contributed by atoms with Crippen molar-refractivity contribution in [3.05, 3.63) is 5.21 Å². The molecule has 0 N–H and O–H groups in total. The monoisotopic (exact) mass is 361 g/mol. The summed E-state index contributed by atoms with van der Waals surface area (Å²) in [6, 6.07) is 0. The first-order chi connectivity index (χ1) is 12.0. The molecule has 0 spiro atoms. The van der Waals surface area contributed by atoms with E-state index >= 15 is 0 Å². The molecule has 0 aliphatic heterocycles. The zero-order chi connectivity index (χ0) is 18.9. The van der Waals surface area contributed by atoms with Gasteiger partial charge in [0.2, 0.25) is 5.28 Å². The number of carbonyl (C=O) groups excluding carboxylic acids is 2. The predicted octanol–water partition coefficient (Wildman–Crippen LogP) is 2.93. The molecule has 0 bridgehead atoms. The molecule has 146 valence electrons. The van der Waals surface area contributed by atoms with Crippen LogP contribution in [0.3, 0.4) is 0 Å². The van der Waals surface area contributed by atoms with Crippen LogP contribution in [0.25, 0.3) is 0 Å². The van der Waals surface area contributed by atoms with Gasteiger partial charge in [-0.15, -0.1) is 5.01 Å². The molecule has 0 unspecified atom stereocenters. The van der Waals surface area contributed by atoms with Gasteiger partial charge in [-0.1, -0.05) is 19.3 Å². The first-order valence-electron chi connectivity index (χ1n) is 8.91. The second-order valence-corrected chi connectivity index (χ2v) is 5.31. The van der Waals surface area contributed by atoms with Gasteiger partial charge in [-0.3, -0.25) is 9.59 Å². The summed E-state index contributed by atoms with van der Waals surface area (Å²) in [6.07, 6.45) is 5.02. The van der Waals surface area contributed by atoms with Crippen LogP contribution in [0.5, 0.6) is 0 Å². The molecular weight excluding hydrogens is 330 g/mol. The van der Waals surface area contributed by atoms with E-state index in [9.17, 15) is 14.8 Å². The summed E-state index contributed by atoms with van der Waals surface area (Å²) in [4.78, 5) is 27.6. The highest BCUT2D eigenvalue weighted by Crippen LogP contribution is 2.08. The molecule has 0 saturated heterocycles. The minimum atomic E-state index is -0.387. The van der Waals surface area contributed by atoms with Crippen molar-refractivity contribution in [1.29, 1.82) is 0 Å². The molecule has 0 aromatic carbocycles. The molecule has 0 rings (SSSR count).